The topological polar surface area (TPSA) is 66.5 Å². The second-order valence-corrected chi connectivity index (χ2v) is 9.55. The number of carbonyl (C=O) groups excluding carboxylic acids is 1. The molecular weight excluding hydrogens is 416 g/mol. The average Bonchev–Trinajstić information content (AvgIpc) is 2.97. The van der Waals surface area contributed by atoms with Crippen LogP contribution in [0.1, 0.15) is 31.9 Å². The van der Waals surface area contributed by atoms with Crippen molar-refractivity contribution in [2.24, 2.45) is 0 Å². The first-order valence-electron chi connectivity index (χ1n) is 8.31. The maximum absolute atomic E-state index is 12.9. The molecule has 0 unspecified atom stereocenters. The van der Waals surface area contributed by atoms with Crippen molar-refractivity contribution < 1.29 is 13.2 Å². The van der Waals surface area contributed by atoms with E-state index in [-0.39, 0.29) is 10.8 Å². The Balaban J connectivity index is 1.92. The van der Waals surface area contributed by atoms with Crippen LogP contribution < -0.4 is 9.62 Å². The van der Waals surface area contributed by atoms with Gasteiger partial charge in [-0.2, -0.15) is 0 Å². The minimum atomic E-state index is -3.75. The maximum atomic E-state index is 12.9. The zero-order chi connectivity index (χ0) is 19.1. The molecule has 0 bridgehead atoms. The van der Waals surface area contributed by atoms with Gasteiger partial charge in [0.05, 0.1) is 10.4 Å². The van der Waals surface area contributed by atoms with Gasteiger partial charge in [0.25, 0.3) is 0 Å². The van der Waals surface area contributed by atoms with Crippen molar-refractivity contribution in [3.05, 3.63) is 58.1 Å². The van der Waals surface area contributed by atoms with Gasteiger partial charge in [0.1, 0.15) is 0 Å². The Morgan fingerprint density at radius 3 is 2.42 bits per heavy atom. The Hall–Kier alpha value is -1.70. The lowest BCUT2D eigenvalue weighted by molar-refractivity contribution is -0.116. The molecule has 5 nitrogen and oxygen atoms in total. The van der Waals surface area contributed by atoms with Crippen LogP contribution in [-0.2, 0) is 26.8 Å². The number of sulfonamides is 1. The normalized spacial score (nSPS) is 14.4. The van der Waals surface area contributed by atoms with Gasteiger partial charge in [-0.25, -0.2) is 13.1 Å². The highest BCUT2D eigenvalue weighted by molar-refractivity contribution is 9.10. The molecule has 0 spiro atoms. The van der Waals surface area contributed by atoms with Crippen molar-refractivity contribution >= 4 is 37.5 Å². The molecule has 0 saturated carbocycles. The van der Waals surface area contributed by atoms with E-state index in [1.54, 1.807) is 23.1 Å². The highest BCUT2D eigenvalue weighted by atomic mass is 79.9. The van der Waals surface area contributed by atoms with Crippen molar-refractivity contribution in [3.63, 3.8) is 0 Å². The molecule has 2 aromatic carbocycles. The lowest BCUT2D eigenvalue weighted by atomic mass is 9.96. The number of fused-ring (bicyclic) bond motifs is 1. The molecule has 7 heteroatoms. The molecule has 0 aromatic heterocycles. The van der Waals surface area contributed by atoms with Crippen molar-refractivity contribution in [2.75, 3.05) is 11.4 Å². The van der Waals surface area contributed by atoms with Crippen LogP contribution in [0, 0.1) is 0 Å². The van der Waals surface area contributed by atoms with Gasteiger partial charge in [-0.1, -0.05) is 34.1 Å². The van der Waals surface area contributed by atoms with E-state index < -0.39 is 15.6 Å². The summed E-state index contributed by atoms with van der Waals surface area (Å²) in [6, 6.07) is 12.5. The van der Waals surface area contributed by atoms with Crippen LogP contribution in [0.3, 0.4) is 0 Å². The monoisotopic (exact) mass is 436 g/mol. The van der Waals surface area contributed by atoms with Crippen LogP contribution in [0.5, 0.6) is 0 Å². The Bertz CT molecular complexity index is 953. The van der Waals surface area contributed by atoms with Gasteiger partial charge in [0.15, 0.2) is 0 Å². The van der Waals surface area contributed by atoms with E-state index in [1.165, 1.54) is 6.92 Å². The Labute approximate surface area is 162 Å². The zero-order valence-electron chi connectivity index (χ0n) is 14.9. The average molecular weight is 437 g/mol. The Morgan fingerprint density at radius 2 is 1.81 bits per heavy atom. The summed E-state index contributed by atoms with van der Waals surface area (Å²) in [4.78, 5) is 13.5. The second kappa shape index (κ2) is 6.79. The Morgan fingerprint density at radius 1 is 1.15 bits per heavy atom. The number of nitrogens with zero attached hydrogens (tertiary/aromatic N) is 1. The number of benzene rings is 2. The number of hydrogen-bond acceptors (Lipinski definition) is 3. The zero-order valence-corrected chi connectivity index (χ0v) is 17.3. The largest absolute Gasteiger partial charge is 0.312 e. The number of anilines is 1. The molecule has 1 heterocycles. The summed E-state index contributed by atoms with van der Waals surface area (Å²) in [5, 5.41) is 0. The van der Waals surface area contributed by atoms with Crippen LogP contribution in [0.25, 0.3) is 0 Å². The first-order valence-corrected chi connectivity index (χ1v) is 10.6. The van der Waals surface area contributed by atoms with Gasteiger partial charge in [-0.3, -0.25) is 4.79 Å². The van der Waals surface area contributed by atoms with E-state index in [4.69, 9.17) is 0 Å². The molecule has 1 N–H and O–H groups in total. The van der Waals surface area contributed by atoms with Crippen molar-refractivity contribution in [3.8, 4) is 0 Å². The fraction of sp³-hybridized carbons (Fsp3) is 0.316. The molecule has 26 heavy (non-hydrogen) atoms. The fourth-order valence-corrected chi connectivity index (χ4v) is 4.86. The van der Waals surface area contributed by atoms with E-state index in [0.717, 1.165) is 22.0 Å². The van der Waals surface area contributed by atoms with Crippen LogP contribution in [0.15, 0.2) is 51.8 Å². The minimum absolute atomic E-state index is 0.0820. The third kappa shape index (κ3) is 3.70. The number of hydrogen-bond donors (Lipinski definition) is 1. The number of rotatable bonds is 4. The summed E-state index contributed by atoms with van der Waals surface area (Å²) in [5.41, 5.74) is 1.75. The Kier molecular flexibility index (Phi) is 4.98. The van der Waals surface area contributed by atoms with Crippen molar-refractivity contribution in [2.45, 2.75) is 37.6 Å². The van der Waals surface area contributed by atoms with Crippen LogP contribution in [0.4, 0.5) is 5.69 Å². The summed E-state index contributed by atoms with van der Waals surface area (Å²) in [5.74, 6) is -0.0820. The third-order valence-electron chi connectivity index (χ3n) is 4.60. The molecule has 3 rings (SSSR count). The van der Waals surface area contributed by atoms with E-state index in [1.807, 2.05) is 38.1 Å². The number of nitrogens with one attached hydrogen (secondary N) is 1. The second-order valence-electron chi connectivity index (χ2n) is 6.95. The van der Waals surface area contributed by atoms with Crippen LogP contribution >= 0.6 is 15.9 Å². The van der Waals surface area contributed by atoms with Crippen LogP contribution in [-0.4, -0.2) is 20.9 Å². The standard InChI is InChI=1S/C19H21BrN2O3S/c1-13(23)22-11-10-14-4-9-17(12-18(14)22)26(24,25)21-19(2,3)15-5-7-16(20)8-6-15/h4-9,12,21H,10-11H2,1-3H3. The predicted molar refractivity (Wildman–Crippen MR) is 106 cm³/mol. The quantitative estimate of drug-likeness (QED) is 0.796. The highest BCUT2D eigenvalue weighted by Gasteiger charge is 2.30. The van der Waals surface area contributed by atoms with E-state index in [0.29, 0.717) is 12.2 Å². The molecule has 1 aliphatic rings. The predicted octanol–water partition coefficient (Wildman–Crippen LogP) is 3.57. The molecule has 1 amide bonds. The molecule has 0 fully saturated rings. The lowest BCUT2D eigenvalue weighted by Gasteiger charge is -2.27. The first-order chi connectivity index (χ1) is 12.1. The molecular formula is C19H21BrN2O3S. The van der Waals surface area contributed by atoms with Gasteiger partial charge in [0.2, 0.25) is 15.9 Å². The van der Waals surface area contributed by atoms with Gasteiger partial charge in [-0.15, -0.1) is 0 Å². The SMILES string of the molecule is CC(=O)N1CCc2ccc(S(=O)(=O)NC(C)(C)c3ccc(Br)cc3)cc21. The van der Waals surface area contributed by atoms with Gasteiger partial charge in [0, 0.05) is 23.6 Å². The number of halogens is 1. The van der Waals surface area contributed by atoms with E-state index in [2.05, 4.69) is 20.7 Å². The molecule has 2 aromatic rings. The maximum Gasteiger partial charge on any atom is 0.241 e. The van der Waals surface area contributed by atoms with Crippen LogP contribution in [0.2, 0.25) is 0 Å². The minimum Gasteiger partial charge on any atom is -0.312 e. The fourth-order valence-electron chi connectivity index (χ4n) is 3.17. The lowest BCUT2D eigenvalue weighted by Crippen LogP contribution is -2.40. The van der Waals surface area contributed by atoms with E-state index >= 15 is 0 Å². The first kappa shape index (κ1) is 19.1. The number of amides is 1. The van der Waals surface area contributed by atoms with Gasteiger partial charge < -0.3 is 4.90 Å². The summed E-state index contributed by atoms with van der Waals surface area (Å²) < 4.78 is 29.6. The molecule has 0 saturated heterocycles. The highest BCUT2D eigenvalue weighted by Crippen LogP contribution is 2.32. The van der Waals surface area contributed by atoms with Crippen molar-refractivity contribution in [1.82, 2.24) is 4.72 Å². The molecule has 0 aliphatic carbocycles. The van der Waals surface area contributed by atoms with E-state index in [9.17, 15) is 13.2 Å². The smallest absolute Gasteiger partial charge is 0.241 e. The summed E-state index contributed by atoms with van der Waals surface area (Å²) >= 11 is 3.39. The molecule has 0 radical (unpaired) electrons. The summed E-state index contributed by atoms with van der Waals surface area (Å²) in [6.07, 6.45) is 0.743. The third-order valence-corrected chi connectivity index (χ3v) is 6.78. The molecule has 138 valence electrons. The summed E-state index contributed by atoms with van der Waals surface area (Å²) in [6.45, 7) is 5.73. The molecule has 0 atom stereocenters. The van der Waals surface area contributed by atoms with Gasteiger partial charge in [-0.05, 0) is 55.7 Å². The van der Waals surface area contributed by atoms with Crippen molar-refractivity contribution in [1.29, 1.82) is 0 Å². The summed E-state index contributed by atoms with van der Waals surface area (Å²) in [7, 11) is -3.75. The van der Waals surface area contributed by atoms with Gasteiger partial charge >= 0.3 is 0 Å². The molecule has 1 aliphatic heterocycles. The number of carbonyl (C=O) groups is 1.